The van der Waals surface area contributed by atoms with Crippen molar-refractivity contribution in [2.75, 3.05) is 20.3 Å². The molecule has 2 rings (SSSR count). The molecule has 0 aliphatic carbocycles. The van der Waals surface area contributed by atoms with Crippen molar-refractivity contribution in [2.45, 2.75) is 25.7 Å². The van der Waals surface area contributed by atoms with Crippen LogP contribution < -0.4 is 14.2 Å². The minimum absolute atomic E-state index is 0.196. The highest BCUT2D eigenvalue weighted by molar-refractivity contribution is 7.89. The first kappa shape index (κ1) is 18.3. The fourth-order valence-electron chi connectivity index (χ4n) is 2.35. The number of hydrogen-bond donors (Lipinski definition) is 1. The molecule has 0 aliphatic heterocycles. The molecule has 0 spiro atoms. The third-order valence-corrected chi connectivity index (χ3v) is 5.50. The standard InChI is InChI=1S/C18H23NO4S/c1-13-6-5-7-17(15(13)3)23-11-10-19-24(20,21)18-9-8-16(22-4)12-14(18)2/h5-9,12,19H,10-11H2,1-4H3. The quantitative estimate of drug-likeness (QED) is 0.781. The summed E-state index contributed by atoms with van der Waals surface area (Å²) in [5.74, 6) is 1.40. The fourth-order valence-corrected chi connectivity index (χ4v) is 3.58. The largest absolute Gasteiger partial charge is 0.497 e. The monoisotopic (exact) mass is 349 g/mol. The Bertz CT molecular complexity index is 816. The van der Waals surface area contributed by atoms with Crippen LogP contribution in [0.5, 0.6) is 11.5 Å². The topological polar surface area (TPSA) is 64.6 Å². The van der Waals surface area contributed by atoms with E-state index in [2.05, 4.69) is 4.72 Å². The van der Waals surface area contributed by atoms with Crippen LogP contribution in [0.4, 0.5) is 0 Å². The molecule has 0 radical (unpaired) electrons. The zero-order valence-electron chi connectivity index (χ0n) is 14.4. The van der Waals surface area contributed by atoms with E-state index >= 15 is 0 Å². The smallest absolute Gasteiger partial charge is 0.240 e. The second-order valence-electron chi connectivity index (χ2n) is 5.58. The molecule has 130 valence electrons. The summed E-state index contributed by atoms with van der Waals surface area (Å²) in [6, 6.07) is 10.7. The molecular formula is C18H23NO4S. The van der Waals surface area contributed by atoms with Crippen molar-refractivity contribution < 1.29 is 17.9 Å². The maximum Gasteiger partial charge on any atom is 0.240 e. The van der Waals surface area contributed by atoms with Gasteiger partial charge in [-0.25, -0.2) is 13.1 Å². The number of hydrogen-bond acceptors (Lipinski definition) is 4. The van der Waals surface area contributed by atoms with E-state index in [1.807, 2.05) is 32.0 Å². The number of ether oxygens (including phenoxy) is 2. The first-order valence-corrected chi connectivity index (χ1v) is 9.17. The van der Waals surface area contributed by atoms with Crippen molar-refractivity contribution in [3.05, 3.63) is 53.1 Å². The van der Waals surface area contributed by atoms with Crippen molar-refractivity contribution >= 4 is 10.0 Å². The molecule has 0 atom stereocenters. The fraction of sp³-hybridized carbons (Fsp3) is 0.333. The summed E-state index contributed by atoms with van der Waals surface area (Å²) in [5, 5.41) is 0. The molecule has 24 heavy (non-hydrogen) atoms. The highest BCUT2D eigenvalue weighted by Crippen LogP contribution is 2.21. The molecule has 0 aromatic heterocycles. The number of sulfonamides is 1. The lowest BCUT2D eigenvalue weighted by Gasteiger charge is -2.13. The molecule has 1 N–H and O–H groups in total. The second-order valence-corrected chi connectivity index (χ2v) is 7.31. The number of methoxy groups -OCH3 is 1. The number of rotatable bonds is 7. The Morgan fingerprint density at radius 2 is 1.79 bits per heavy atom. The Labute approximate surface area is 143 Å². The first-order valence-electron chi connectivity index (χ1n) is 7.68. The molecule has 2 aromatic rings. The molecule has 0 aliphatic rings. The maximum atomic E-state index is 12.4. The van der Waals surface area contributed by atoms with Crippen molar-refractivity contribution in [2.24, 2.45) is 0 Å². The summed E-state index contributed by atoms with van der Waals surface area (Å²) >= 11 is 0. The van der Waals surface area contributed by atoms with Gasteiger partial charge in [0.2, 0.25) is 10.0 Å². The first-order chi connectivity index (χ1) is 11.3. The minimum atomic E-state index is -3.57. The van der Waals surface area contributed by atoms with E-state index in [9.17, 15) is 8.42 Å². The van der Waals surface area contributed by atoms with E-state index in [0.29, 0.717) is 11.3 Å². The number of benzene rings is 2. The van der Waals surface area contributed by atoms with E-state index < -0.39 is 10.0 Å². The molecular weight excluding hydrogens is 326 g/mol. The van der Waals surface area contributed by atoms with E-state index in [-0.39, 0.29) is 18.0 Å². The maximum absolute atomic E-state index is 12.4. The van der Waals surface area contributed by atoms with Crippen molar-refractivity contribution in [1.82, 2.24) is 4.72 Å². The third kappa shape index (κ3) is 4.27. The van der Waals surface area contributed by atoms with Gasteiger partial charge in [0.25, 0.3) is 0 Å². The van der Waals surface area contributed by atoms with Crippen LogP contribution in [0.25, 0.3) is 0 Å². The molecule has 0 heterocycles. The van der Waals surface area contributed by atoms with Crippen LogP contribution in [0.3, 0.4) is 0 Å². The highest BCUT2D eigenvalue weighted by Gasteiger charge is 2.16. The number of nitrogens with one attached hydrogen (secondary N) is 1. The predicted octanol–water partition coefficient (Wildman–Crippen LogP) is 2.98. The average Bonchev–Trinajstić information content (AvgIpc) is 2.54. The summed E-state index contributed by atoms with van der Waals surface area (Å²) < 4.78 is 38.1. The Balaban J connectivity index is 1.97. The van der Waals surface area contributed by atoms with Crippen molar-refractivity contribution in [1.29, 1.82) is 0 Å². The summed E-state index contributed by atoms with van der Waals surface area (Å²) in [6.45, 7) is 6.19. The minimum Gasteiger partial charge on any atom is -0.497 e. The van der Waals surface area contributed by atoms with Gasteiger partial charge in [0.15, 0.2) is 0 Å². The van der Waals surface area contributed by atoms with E-state index in [1.54, 1.807) is 32.2 Å². The molecule has 6 heteroatoms. The van der Waals surface area contributed by atoms with Gasteiger partial charge in [-0.1, -0.05) is 12.1 Å². The zero-order valence-corrected chi connectivity index (χ0v) is 15.2. The molecule has 0 unspecified atom stereocenters. The summed E-state index contributed by atoms with van der Waals surface area (Å²) in [7, 11) is -2.03. The summed E-state index contributed by atoms with van der Waals surface area (Å²) in [4.78, 5) is 0.245. The van der Waals surface area contributed by atoms with Gasteiger partial charge in [0.1, 0.15) is 18.1 Å². The van der Waals surface area contributed by atoms with E-state index in [4.69, 9.17) is 9.47 Å². The predicted molar refractivity (Wildman–Crippen MR) is 94.3 cm³/mol. The van der Waals surface area contributed by atoms with Crippen LogP contribution in [-0.4, -0.2) is 28.7 Å². The molecule has 0 fully saturated rings. The van der Waals surface area contributed by atoms with Crippen LogP contribution in [0.2, 0.25) is 0 Å². The Hall–Kier alpha value is -2.05. The summed E-state index contributed by atoms with van der Waals surface area (Å²) in [5.41, 5.74) is 2.84. The molecule has 5 nitrogen and oxygen atoms in total. The van der Waals surface area contributed by atoms with Gasteiger partial charge in [0.05, 0.1) is 12.0 Å². The van der Waals surface area contributed by atoms with Gasteiger partial charge in [-0.2, -0.15) is 0 Å². The van der Waals surface area contributed by atoms with E-state index in [0.717, 1.165) is 16.9 Å². The lowest BCUT2D eigenvalue weighted by atomic mass is 10.1. The molecule has 0 bridgehead atoms. The van der Waals surface area contributed by atoms with Crippen LogP contribution in [0.1, 0.15) is 16.7 Å². The van der Waals surface area contributed by atoms with Crippen molar-refractivity contribution in [3.63, 3.8) is 0 Å². The molecule has 0 saturated carbocycles. The average molecular weight is 349 g/mol. The molecule has 0 amide bonds. The normalized spacial score (nSPS) is 11.3. The van der Waals surface area contributed by atoms with Gasteiger partial charge < -0.3 is 9.47 Å². The SMILES string of the molecule is COc1ccc(S(=O)(=O)NCCOc2cccc(C)c2C)c(C)c1. The molecule has 2 aromatic carbocycles. The van der Waals surface area contributed by atoms with Gasteiger partial charge in [-0.05, 0) is 61.7 Å². The van der Waals surface area contributed by atoms with Gasteiger partial charge in [-0.3, -0.25) is 0 Å². The van der Waals surface area contributed by atoms with E-state index in [1.165, 1.54) is 0 Å². The lowest BCUT2D eigenvalue weighted by Crippen LogP contribution is -2.28. The van der Waals surface area contributed by atoms with Crippen molar-refractivity contribution in [3.8, 4) is 11.5 Å². The van der Waals surface area contributed by atoms with Gasteiger partial charge >= 0.3 is 0 Å². The highest BCUT2D eigenvalue weighted by atomic mass is 32.2. The zero-order chi connectivity index (χ0) is 17.7. The van der Waals surface area contributed by atoms with Crippen LogP contribution in [0, 0.1) is 20.8 Å². The Kier molecular flexibility index (Phi) is 5.85. The van der Waals surface area contributed by atoms with Crippen LogP contribution in [-0.2, 0) is 10.0 Å². The summed E-state index contributed by atoms with van der Waals surface area (Å²) in [6.07, 6.45) is 0. The van der Waals surface area contributed by atoms with Gasteiger partial charge in [-0.15, -0.1) is 0 Å². The van der Waals surface area contributed by atoms with Crippen LogP contribution >= 0.6 is 0 Å². The lowest BCUT2D eigenvalue weighted by molar-refractivity contribution is 0.320. The Morgan fingerprint density at radius 1 is 1.04 bits per heavy atom. The second kappa shape index (κ2) is 7.68. The Morgan fingerprint density at radius 3 is 2.46 bits per heavy atom. The van der Waals surface area contributed by atoms with Crippen LogP contribution in [0.15, 0.2) is 41.3 Å². The number of aryl methyl sites for hydroxylation is 2. The third-order valence-electron chi connectivity index (χ3n) is 3.88. The molecule has 0 saturated heterocycles. The van der Waals surface area contributed by atoms with Gasteiger partial charge in [0, 0.05) is 6.54 Å².